The van der Waals surface area contributed by atoms with E-state index in [1.807, 2.05) is 6.92 Å². The Bertz CT molecular complexity index is 634. The van der Waals surface area contributed by atoms with Gasteiger partial charge in [-0.2, -0.15) is 5.10 Å². The van der Waals surface area contributed by atoms with Crippen LogP contribution >= 0.6 is 0 Å². The zero-order chi connectivity index (χ0) is 16.4. The van der Waals surface area contributed by atoms with Crippen LogP contribution in [-0.4, -0.2) is 40.7 Å². The Balaban J connectivity index is 3.15. The van der Waals surface area contributed by atoms with E-state index < -0.39 is 19.5 Å². The molecule has 0 atom stereocenters. The molecule has 1 rings (SSSR count). The number of nitro groups is 1. The van der Waals surface area contributed by atoms with Crippen molar-refractivity contribution < 1.29 is 13.3 Å². The number of nitrogens with zero attached hydrogens (tertiary/aromatic N) is 3. The lowest BCUT2D eigenvalue weighted by atomic mass is 10.2. The standard InChI is InChI=1S/C12H22N4O4S/c1-6-7-15-11(10(16(17)18)9(2)14-15)13-8-12(3,4)21(5,19)20/h13H,6-8H2,1-5H3. The molecule has 21 heavy (non-hydrogen) atoms. The summed E-state index contributed by atoms with van der Waals surface area (Å²) < 4.78 is 23.9. The third-order valence-electron chi connectivity index (χ3n) is 3.40. The molecule has 0 fully saturated rings. The summed E-state index contributed by atoms with van der Waals surface area (Å²) in [5.41, 5.74) is 0.209. The van der Waals surface area contributed by atoms with Crippen molar-refractivity contribution in [2.75, 3.05) is 18.1 Å². The largest absolute Gasteiger partial charge is 0.363 e. The zero-order valence-electron chi connectivity index (χ0n) is 13.0. The lowest BCUT2D eigenvalue weighted by molar-refractivity contribution is -0.384. The van der Waals surface area contributed by atoms with Gasteiger partial charge in [0.15, 0.2) is 9.84 Å². The van der Waals surface area contributed by atoms with Crippen LogP contribution in [0.2, 0.25) is 0 Å². The molecule has 8 nitrogen and oxygen atoms in total. The van der Waals surface area contributed by atoms with E-state index in [1.54, 1.807) is 20.8 Å². The molecule has 0 aliphatic heterocycles. The highest BCUT2D eigenvalue weighted by Gasteiger charge is 2.32. The number of hydrogen-bond donors (Lipinski definition) is 1. The second kappa shape index (κ2) is 6.00. The predicted molar refractivity (Wildman–Crippen MR) is 81.3 cm³/mol. The molecule has 0 amide bonds. The molecule has 1 aromatic heterocycles. The van der Waals surface area contributed by atoms with E-state index in [0.717, 1.165) is 12.7 Å². The Morgan fingerprint density at radius 2 is 2.00 bits per heavy atom. The first-order valence-electron chi connectivity index (χ1n) is 6.66. The SMILES string of the molecule is CCCn1nc(C)c([N+](=O)[O-])c1NCC(C)(C)S(C)(=O)=O. The summed E-state index contributed by atoms with van der Waals surface area (Å²) >= 11 is 0. The third kappa shape index (κ3) is 3.72. The third-order valence-corrected chi connectivity index (χ3v) is 5.55. The summed E-state index contributed by atoms with van der Waals surface area (Å²) in [5.74, 6) is 0.260. The fraction of sp³-hybridized carbons (Fsp3) is 0.750. The number of aryl methyl sites for hydroxylation is 2. The van der Waals surface area contributed by atoms with Crippen LogP contribution < -0.4 is 5.32 Å². The van der Waals surface area contributed by atoms with Crippen LogP contribution in [0.5, 0.6) is 0 Å². The summed E-state index contributed by atoms with van der Waals surface area (Å²) in [7, 11) is -3.29. The van der Waals surface area contributed by atoms with Crippen LogP contribution in [-0.2, 0) is 16.4 Å². The molecular formula is C12H22N4O4S. The van der Waals surface area contributed by atoms with Crippen molar-refractivity contribution in [2.24, 2.45) is 0 Å². The predicted octanol–water partition coefficient (Wildman–Crippen LogP) is 1.74. The van der Waals surface area contributed by atoms with Crippen LogP contribution in [0.3, 0.4) is 0 Å². The highest BCUT2D eigenvalue weighted by Crippen LogP contribution is 2.29. The van der Waals surface area contributed by atoms with Gasteiger partial charge in [0.2, 0.25) is 5.82 Å². The number of nitrogens with one attached hydrogen (secondary N) is 1. The summed E-state index contributed by atoms with van der Waals surface area (Å²) in [6, 6.07) is 0. The van der Waals surface area contributed by atoms with Gasteiger partial charge in [0, 0.05) is 19.3 Å². The van der Waals surface area contributed by atoms with Gasteiger partial charge < -0.3 is 5.32 Å². The van der Waals surface area contributed by atoms with Gasteiger partial charge in [0.05, 0.1) is 9.67 Å². The van der Waals surface area contributed by atoms with Crippen LogP contribution in [0, 0.1) is 17.0 Å². The summed E-state index contributed by atoms with van der Waals surface area (Å²) in [5, 5.41) is 18.2. The van der Waals surface area contributed by atoms with Gasteiger partial charge in [0.1, 0.15) is 5.69 Å². The number of anilines is 1. The maximum absolute atomic E-state index is 11.7. The fourth-order valence-electron chi connectivity index (χ4n) is 1.77. The zero-order valence-corrected chi connectivity index (χ0v) is 13.8. The minimum absolute atomic E-state index is 0.0710. The highest BCUT2D eigenvalue weighted by atomic mass is 32.2. The van der Waals surface area contributed by atoms with E-state index in [1.165, 1.54) is 4.68 Å². The Morgan fingerprint density at radius 1 is 1.43 bits per heavy atom. The first-order valence-corrected chi connectivity index (χ1v) is 8.55. The molecule has 0 bridgehead atoms. The molecule has 0 unspecified atom stereocenters. The van der Waals surface area contributed by atoms with Gasteiger partial charge in [-0.25, -0.2) is 13.1 Å². The molecule has 0 saturated carbocycles. The lowest BCUT2D eigenvalue weighted by Crippen LogP contribution is -2.38. The van der Waals surface area contributed by atoms with Gasteiger partial charge in [-0.15, -0.1) is 0 Å². The summed E-state index contributed by atoms with van der Waals surface area (Å²) in [6.07, 6.45) is 1.92. The van der Waals surface area contributed by atoms with Gasteiger partial charge in [-0.3, -0.25) is 10.1 Å². The van der Waals surface area contributed by atoms with Crippen molar-refractivity contribution in [1.82, 2.24) is 9.78 Å². The van der Waals surface area contributed by atoms with Crippen molar-refractivity contribution in [3.8, 4) is 0 Å². The van der Waals surface area contributed by atoms with Crippen LogP contribution in [0.1, 0.15) is 32.9 Å². The topological polar surface area (TPSA) is 107 Å². The van der Waals surface area contributed by atoms with Crippen molar-refractivity contribution in [3.63, 3.8) is 0 Å². The molecule has 1 N–H and O–H groups in total. The average molecular weight is 318 g/mol. The van der Waals surface area contributed by atoms with E-state index in [0.29, 0.717) is 12.2 Å². The minimum atomic E-state index is -3.29. The van der Waals surface area contributed by atoms with E-state index in [9.17, 15) is 18.5 Å². The molecule has 1 heterocycles. The Kier molecular flexibility index (Phi) is 4.98. The summed E-state index contributed by atoms with van der Waals surface area (Å²) in [4.78, 5) is 10.7. The molecule has 0 spiro atoms. The smallest absolute Gasteiger partial charge is 0.333 e. The molecule has 9 heteroatoms. The van der Waals surface area contributed by atoms with E-state index in [2.05, 4.69) is 10.4 Å². The monoisotopic (exact) mass is 318 g/mol. The number of aromatic nitrogens is 2. The van der Waals surface area contributed by atoms with E-state index >= 15 is 0 Å². The molecule has 1 aromatic rings. The molecule has 0 aromatic carbocycles. The van der Waals surface area contributed by atoms with Crippen LogP contribution in [0.15, 0.2) is 0 Å². The Labute approximate surface area is 124 Å². The van der Waals surface area contributed by atoms with Crippen LogP contribution in [0.25, 0.3) is 0 Å². The molecular weight excluding hydrogens is 296 g/mol. The number of rotatable bonds is 7. The van der Waals surface area contributed by atoms with Crippen molar-refractivity contribution in [1.29, 1.82) is 0 Å². The van der Waals surface area contributed by atoms with E-state index in [4.69, 9.17) is 0 Å². The van der Waals surface area contributed by atoms with Gasteiger partial charge in [0.25, 0.3) is 0 Å². The molecule has 0 radical (unpaired) electrons. The molecule has 0 saturated heterocycles. The quantitative estimate of drug-likeness (QED) is 0.606. The Morgan fingerprint density at radius 3 is 2.43 bits per heavy atom. The number of hydrogen-bond acceptors (Lipinski definition) is 6. The maximum atomic E-state index is 11.7. The first-order chi connectivity index (χ1) is 9.51. The fourth-order valence-corrected chi connectivity index (χ4v) is 2.10. The second-order valence-corrected chi connectivity index (χ2v) is 8.30. The summed E-state index contributed by atoms with van der Waals surface area (Å²) in [6.45, 7) is 7.26. The highest BCUT2D eigenvalue weighted by molar-refractivity contribution is 7.92. The average Bonchev–Trinajstić information content (AvgIpc) is 2.62. The molecule has 120 valence electrons. The van der Waals surface area contributed by atoms with Gasteiger partial charge in [-0.05, 0) is 27.2 Å². The Hall–Kier alpha value is -1.64. The minimum Gasteiger partial charge on any atom is -0.363 e. The van der Waals surface area contributed by atoms with Gasteiger partial charge >= 0.3 is 5.69 Å². The van der Waals surface area contributed by atoms with Gasteiger partial charge in [-0.1, -0.05) is 6.92 Å². The maximum Gasteiger partial charge on any atom is 0.333 e. The first kappa shape index (κ1) is 17.4. The normalized spacial score (nSPS) is 12.4. The molecule has 0 aliphatic carbocycles. The second-order valence-electron chi connectivity index (χ2n) is 5.65. The lowest BCUT2D eigenvalue weighted by Gasteiger charge is -2.23. The number of sulfone groups is 1. The van der Waals surface area contributed by atoms with E-state index in [-0.39, 0.29) is 18.1 Å². The van der Waals surface area contributed by atoms with Crippen molar-refractivity contribution in [3.05, 3.63) is 15.8 Å². The van der Waals surface area contributed by atoms with Crippen LogP contribution in [0.4, 0.5) is 11.5 Å². The van der Waals surface area contributed by atoms with Crippen molar-refractivity contribution >= 4 is 21.3 Å². The van der Waals surface area contributed by atoms with Crippen molar-refractivity contribution in [2.45, 2.75) is 45.4 Å². The molecule has 0 aliphatic rings.